The summed E-state index contributed by atoms with van der Waals surface area (Å²) in [5, 5.41) is 10.7. The molecule has 0 bridgehead atoms. The van der Waals surface area contributed by atoms with Gasteiger partial charge in [-0.25, -0.2) is 9.13 Å². The van der Waals surface area contributed by atoms with Crippen molar-refractivity contribution >= 4 is 39.5 Å². The number of ether oxygens (including phenoxy) is 4. The highest BCUT2D eigenvalue weighted by atomic mass is 31.2. The van der Waals surface area contributed by atoms with Gasteiger partial charge in [-0.2, -0.15) is 0 Å². The third kappa shape index (κ3) is 79.4. The molecule has 0 amide bonds. The lowest BCUT2D eigenvalue weighted by Gasteiger charge is -2.21. The van der Waals surface area contributed by atoms with Crippen molar-refractivity contribution in [2.24, 2.45) is 5.92 Å². The highest BCUT2D eigenvalue weighted by Gasteiger charge is 2.30. The molecule has 0 aliphatic carbocycles. The molecule has 0 heterocycles. The van der Waals surface area contributed by atoms with E-state index in [2.05, 4.69) is 58.9 Å². The molecule has 0 aromatic heterocycles. The first-order valence-electron chi connectivity index (χ1n) is 44.0. The molecule has 0 radical (unpaired) electrons. The van der Waals surface area contributed by atoms with Gasteiger partial charge in [0.05, 0.1) is 26.4 Å². The second kappa shape index (κ2) is 78.2. The molecule has 0 fully saturated rings. The van der Waals surface area contributed by atoms with Gasteiger partial charge in [-0.3, -0.25) is 37.3 Å². The van der Waals surface area contributed by atoms with E-state index in [9.17, 15) is 43.2 Å². The lowest BCUT2D eigenvalue weighted by molar-refractivity contribution is -0.161. The van der Waals surface area contributed by atoms with Crippen molar-refractivity contribution in [2.75, 3.05) is 39.6 Å². The van der Waals surface area contributed by atoms with Crippen LogP contribution in [0.15, 0.2) is 24.3 Å². The van der Waals surface area contributed by atoms with E-state index < -0.39 is 97.5 Å². The molecule has 0 aromatic rings. The largest absolute Gasteiger partial charge is 0.472 e. The highest BCUT2D eigenvalue weighted by molar-refractivity contribution is 7.47. The first kappa shape index (κ1) is 103. The lowest BCUT2D eigenvalue weighted by Crippen LogP contribution is -2.30. The number of esters is 4. The topological polar surface area (TPSA) is 237 Å². The minimum atomic E-state index is -4.97. The number of aliphatic hydroxyl groups is 1. The fraction of sp³-hybridized carbons (Fsp3) is 0.907. The Balaban J connectivity index is 5.25. The molecule has 17 nitrogen and oxygen atoms in total. The highest BCUT2D eigenvalue weighted by Crippen LogP contribution is 2.45. The molecule has 620 valence electrons. The molecule has 0 saturated heterocycles. The predicted molar refractivity (Wildman–Crippen MR) is 432 cm³/mol. The molecule has 0 saturated carbocycles. The van der Waals surface area contributed by atoms with Crippen molar-refractivity contribution in [3.8, 4) is 0 Å². The van der Waals surface area contributed by atoms with Crippen LogP contribution < -0.4 is 0 Å². The maximum absolute atomic E-state index is 13.1. The molecular weight excluding hydrogens is 1370 g/mol. The van der Waals surface area contributed by atoms with Gasteiger partial charge in [0.1, 0.15) is 19.3 Å². The van der Waals surface area contributed by atoms with Crippen molar-refractivity contribution in [3.63, 3.8) is 0 Å². The Kier molecular flexibility index (Phi) is 76.4. The molecule has 0 aliphatic rings. The van der Waals surface area contributed by atoms with Gasteiger partial charge < -0.3 is 33.8 Å². The zero-order chi connectivity index (χ0) is 76.9. The predicted octanol–water partition coefficient (Wildman–Crippen LogP) is 25.9. The summed E-state index contributed by atoms with van der Waals surface area (Å²) in [5.74, 6) is -1.31. The second-order valence-corrected chi connectivity index (χ2v) is 33.6. The van der Waals surface area contributed by atoms with Gasteiger partial charge >= 0.3 is 39.5 Å². The number of allylic oxidation sites excluding steroid dienone is 4. The van der Waals surface area contributed by atoms with Crippen LogP contribution in [0.5, 0.6) is 0 Å². The molecule has 3 N–H and O–H groups in total. The average molecular weight is 1530 g/mol. The number of carbonyl (C=O) groups excluding carboxylic acids is 4. The van der Waals surface area contributed by atoms with Crippen molar-refractivity contribution < 1.29 is 80.2 Å². The van der Waals surface area contributed by atoms with Gasteiger partial charge in [0.15, 0.2) is 12.2 Å². The number of hydrogen-bond donors (Lipinski definition) is 3. The van der Waals surface area contributed by atoms with Gasteiger partial charge in [-0.05, 0) is 57.3 Å². The lowest BCUT2D eigenvalue weighted by atomic mass is 10.0. The van der Waals surface area contributed by atoms with E-state index in [4.69, 9.17) is 37.0 Å². The van der Waals surface area contributed by atoms with Crippen LogP contribution in [0.2, 0.25) is 0 Å². The SMILES string of the molecule is CCCCCC/C=C\C=C/CCCCCCCC(=O)O[C@H](COC(=O)CCCCCCCCCCCC)COP(=O)(O)OC[C@H](O)COP(=O)(O)OC[C@@H](COC(=O)CCCCCCCCCCCCCCCCCCCCC)OC(=O)CCCCCCCCCCCCCCCCCCCCC(C)C. The van der Waals surface area contributed by atoms with Crippen molar-refractivity contribution in [1.29, 1.82) is 0 Å². The zero-order valence-electron chi connectivity index (χ0n) is 68.4. The van der Waals surface area contributed by atoms with Crippen molar-refractivity contribution in [1.82, 2.24) is 0 Å². The number of unbranched alkanes of at least 4 members (excludes halogenated alkanes) is 53. The Bertz CT molecular complexity index is 2090. The zero-order valence-corrected chi connectivity index (χ0v) is 70.1. The summed E-state index contributed by atoms with van der Waals surface area (Å²) in [6.07, 6.45) is 74.4. The standard InChI is InChI=1S/C86H164O17P2/c1-6-9-12-15-18-21-24-26-28-29-30-34-38-41-45-50-55-60-65-70-84(89)97-76-82(103-86(91)72-67-62-57-52-47-43-39-35-32-31-33-37-40-44-48-53-58-63-68-79(4)5)78-101-105(94,95)99-74-80(87)73-98-104(92,93)100-77-81(75-96-83(88)69-64-59-54-49-23-20-17-14-11-8-3)102-85(90)71-66-61-56-51-46-42-36-27-25-22-19-16-13-10-7-2/h22,25,27,36,79-82,87H,6-21,23-24,26,28-35,37-78H2,1-5H3,(H,92,93)(H,94,95)/b25-22-,36-27-/t80-,81+,82+/m0/s1. The number of phosphoric acid groups is 2. The van der Waals surface area contributed by atoms with E-state index in [1.807, 2.05) is 0 Å². The molecule has 0 rings (SSSR count). The minimum Gasteiger partial charge on any atom is -0.462 e. The van der Waals surface area contributed by atoms with E-state index >= 15 is 0 Å². The Morgan fingerprint density at radius 3 is 0.781 bits per heavy atom. The number of rotatable bonds is 84. The van der Waals surface area contributed by atoms with Crippen LogP contribution in [0.3, 0.4) is 0 Å². The molecule has 2 unspecified atom stereocenters. The Morgan fingerprint density at radius 2 is 0.514 bits per heavy atom. The van der Waals surface area contributed by atoms with Gasteiger partial charge in [0.25, 0.3) is 0 Å². The van der Waals surface area contributed by atoms with Crippen LogP contribution in [0.1, 0.15) is 439 Å². The van der Waals surface area contributed by atoms with Crippen LogP contribution in [-0.4, -0.2) is 96.7 Å². The summed E-state index contributed by atoms with van der Waals surface area (Å²) in [4.78, 5) is 73.1. The van der Waals surface area contributed by atoms with Crippen LogP contribution in [-0.2, 0) is 65.4 Å². The van der Waals surface area contributed by atoms with Crippen LogP contribution >= 0.6 is 15.6 Å². The summed E-state index contributed by atoms with van der Waals surface area (Å²) in [6.45, 7) is 7.32. The van der Waals surface area contributed by atoms with Crippen molar-refractivity contribution in [3.05, 3.63) is 24.3 Å². The minimum absolute atomic E-state index is 0.0856. The summed E-state index contributed by atoms with van der Waals surface area (Å²) < 4.78 is 68.8. The second-order valence-electron chi connectivity index (χ2n) is 30.7. The molecule has 19 heteroatoms. The van der Waals surface area contributed by atoms with Crippen LogP contribution in [0.25, 0.3) is 0 Å². The van der Waals surface area contributed by atoms with Gasteiger partial charge in [0, 0.05) is 25.7 Å². The molecule has 0 aliphatic heterocycles. The average Bonchev–Trinajstić information content (AvgIpc) is 0.925. The molecule has 5 atom stereocenters. The number of phosphoric ester groups is 2. The Hall–Kier alpha value is -2.46. The van der Waals surface area contributed by atoms with Gasteiger partial charge in [-0.1, -0.05) is 386 Å². The summed E-state index contributed by atoms with van der Waals surface area (Å²) >= 11 is 0. The van der Waals surface area contributed by atoms with Gasteiger partial charge in [0.2, 0.25) is 0 Å². The quantitative estimate of drug-likeness (QED) is 0.0169. The monoisotopic (exact) mass is 1530 g/mol. The van der Waals surface area contributed by atoms with Crippen LogP contribution in [0.4, 0.5) is 0 Å². The van der Waals surface area contributed by atoms with E-state index in [1.165, 1.54) is 250 Å². The molecule has 0 spiro atoms. The van der Waals surface area contributed by atoms with E-state index in [0.29, 0.717) is 25.7 Å². The molecule has 105 heavy (non-hydrogen) atoms. The molecular formula is C86H164O17P2. The summed E-state index contributed by atoms with van der Waals surface area (Å²) in [6, 6.07) is 0. The Labute approximate surface area is 643 Å². The smallest absolute Gasteiger partial charge is 0.462 e. The van der Waals surface area contributed by atoms with Crippen LogP contribution in [0, 0.1) is 5.92 Å². The fourth-order valence-corrected chi connectivity index (χ4v) is 14.5. The third-order valence-electron chi connectivity index (χ3n) is 19.7. The number of carbonyl (C=O) groups is 4. The summed E-state index contributed by atoms with van der Waals surface area (Å²) in [7, 11) is -9.94. The first-order valence-corrected chi connectivity index (χ1v) is 46.9. The number of hydrogen-bond acceptors (Lipinski definition) is 15. The summed E-state index contributed by atoms with van der Waals surface area (Å²) in [5.41, 5.74) is 0. The third-order valence-corrected chi connectivity index (χ3v) is 21.6. The van der Waals surface area contributed by atoms with E-state index in [0.717, 1.165) is 109 Å². The van der Waals surface area contributed by atoms with Crippen molar-refractivity contribution in [2.45, 2.75) is 457 Å². The first-order chi connectivity index (χ1) is 51.0. The Morgan fingerprint density at radius 1 is 0.295 bits per heavy atom. The van der Waals surface area contributed by atoms with E-state index in [-0.39, 0.29) is 25.7 Å². The maximum Gasteiger partial charge on any atom is 0.472 e. The molecule has 0 aromatic carbocycles. The van der Waals surface area contributed by atoms with Gasteiger partial charge in [-0.15, -0.1) is 0 Å². The van der Waals surface area contributed by atoms with E-state index in [1.54, 1.807) is 0 Å². The maximum atomic E-state index is 13.1. The number of aliphatic hydroxyl groups excluding tert-OH is 1. The normalized spacial score (nSPS) is 13.9. The fourth-order valence-electron chi connectivity index (χ4n) is 12.9.